The molecule has 1 aromatic heterocycles. The summed E-state index contributed by atoms with van der Waals surface area (Å²) in [5.41, 5.74) is 9.64. The lowest BCUT2D eigenvalue weighted by molar-refractivity contribution is 0.574. The van der Waals surface area contributed by atoms with Gasteiger partial charge in [-0.2, -0.15) is 0 Å². The SMILES string of the molecule is CC(C)(C)c1cc2cccc(CCN)c2[nH]1. The van der Waals surface area contributed by atoms with Crippen LogP contribution in [0.1, 0.15) is 32.0 Å². The van der Waals surface area contributed by atoms with Gasteiger partial charge in [-0.25, -0.2) is 0 Å². The second-order valence-electron chi connectivity index (χ2n) is 5.35. The molecule has 0 spiro atoms. The topological polar surface area (TPSA) is 41.8 Å². The van der Waals surface area contributed by atoms with E-state index >= 15 is 0 Å². The van der Waals surface area contributed by atoms with Gasteiger partial charge >= 0.3 is 0 Å². The number of fused-ring (bicyclic) bond motifs is 1. The highest BCUT2D eigenvalue weighted by Gasteiger charge is 2.16. The Bertz CT molecular complexity index is 489. The van der Waals surface area contributed by atoms with Crippen LogP contribution in [0.25, 0.3) is 10.9 Å². The number of aromatic nitrogens is 1. The van der Waals surface area contributed by atoms with Crippen LogP contribution in [0.5, 0.6) is 0 Å². The van der Waals surface area contributed by atoms with Crippen LogP contribution in [-0.2, 0) is 11.8 Å². The smallest absolute Gasteiger partial charge is 0.0489 e. The second kappa shape index (κ2) is 3.95. The molecule has 16 heavy (non-hydrogen) atoms. The Balaban J connectivity index is 2.57. The number of benzene rings is 1. The van der Waals surface area contributed by atoms with Crippen molar-refractivity contribution in [2.45, 2.75) is 32.6 Å². The van der Waals surface area contributed by atoms with Crippen LogP contribution in [0.3, 0.4) is 0 Å². The van der Waals surface area contributed by atoms with E-state index in [2.05, 4.69) is 50.0 Å². The number of hydrogen-bond acceptors (Lipinski definition) is 1. The molecule has 0 radical (unpaired) electrons. The molecule has 2 heteroatoms. The monoisotopic (exact) mass is 216 g/mol. The Labute approximate surface area is 96.9 Å². The fourth-order valence-corrected chi connectivity index (χ4v) is 1.99. The molecule has 2 rings (SSSR count). The molecule has 0 amide bonds. The molecule has 1 heterocycles. The minimum absolute atomic E-state index is 0.166. The predicted octanol–water partition coefficient (Wildman–Crippen LogP) is 2.97. The Hall–Kier alpha value is -1.28. The van der Waals surface area contributed by atoms with E-state index in [1.807, 2.05) is 0 Å². The molecule has 0 aliphatic carbocycles. The normalized spacial score (nSPS) is 12.2. The number of nitrogens with two attached hydrogens (primary N) is 1. The number of H-pyrrole nitrogens is 1. The molecule has 0 atom stereocenters. The molecular weight excluding hydrogens is 196 g/mol. The molecule has 0 aliphatic heterocycles. The zero-order chi connectivity index (χ0) is 11.8. The van der Waals surface area contributed by atoms with E-state index in [0.717, 1.165) is 6.42 Å². The fraction of sp³-hybridized carbons (Fsp3) is 0.429. The minimum atomic E-state index is 0.166. The highest BCUT2D eigenvalue weighted by atomic mass is 14.7. The van der Waals surface area contributed by atoms with Gasteiger partial charge in [-0.3, -0.25) is 0 Å². The first-order valence-corrected chi connectivity index (χ1v) is 5.83. The summed E-state index contributed by atoms with van der Waals surface area (Å²) in [6.07, 6.45) is 0.932. The summed E-state index contributed by atoms with van der Waals surface area (Å²) >= 11 is 0. The molecule has 1 aromatic carbocycles. The van der Waals surface area contributed by atoms with Crippen molar-refractivity contribution >= 4 is 10.9 Å². The summed E-state index contributed by atoms with van der Waals surface area (Å²) in [7, 11) is 0. The average Bonchev–Trinajstić information content (AvgIpc) is 2.62. The molecule has 2 aromatic rings. The Morgan fingerprint density at radius 2 is 2.00 bits per heavy atom. The summed E-state index contributed by atoms with van der Waals surface area (Å²) in [6, 6.07) is 8.65. The molecule has 0 saturated heterocycles. The molecular formula is C14H20N2. The van der Waals surface area contributed by atoms with Gasteiger partial charge in [0, 0.05) is 16.6 Å². The zero-order valence-electron chi connectivity index (χ0n) is 10.3. The second-order valence-corrected chi connectivity index (χ2v) is 5.35. The van der Waals surface area contributed by atoms with Gasteiger partial charge in [-0.1, -0.05) is 39.0 Å². The number of aromatic amines is 1. The zero-order valence-corrected chi connectivity index (χ0v) is 10.3. The van der Waals surface area contributed by atoms with Crippen molar-refractivity contribution in [2.75, 3.05) is 6.54 Å². The van der Waals surface area contributed by atoms with Crippen LogP contribution in [-0.4, -0.2) is 11.5 Å². The van der Waals surface area contributed by atoms with Gasteiger partial charge in [-0.05, 0) is 30.0 Å². The highest BCUT2D eigenvalue weighted by molar-refractivity contribution is 5.83. The van der Waals surface area contributed by atoms with Gasteiger partial charge in [0.05, 0.1) is 0 Å². The molecule has 0 bridgehead atoms. The van der Waals surface area contributed by atoms with Crippen LogP contribution in [0.4, 0.5) is 0 Å². The standard InChI is InChI=1S/C14H20N2/c1-14(2,3)12-9-11-6-4-5-10(7-8-15)13(11)16-12/h4-6,9,16H,7-8,15H2,1-3H3. The predicted molar refractivity (Wildman–Crippen MR) is 69.8 cm³/mol. The van der Waals surface area contributed by atoms with Gasteiger partial charge in [0.15, 0.2) is 0 Å². The average molecular weight is 216 g/mol. The van der Waals surface area contributed by atoms with Crippen molar-refractivity contribution in [1.82, 2.24) is 4.98 Å². The third kappa shape index (κ3) is 1.98. The maximum absolute atomic E-state index is 5.63. The summed E-state index contributed by atoms with van der Waals surface area (Å²) in [4.78, 5) is 3.53. The van der Waals surface area contributed by atoms with Crippen molar-refractivity contribution in [3.05, 3.63) is 35.5 Å². The molecule has 0 aliphatic rings. The molecule has 2 nitrogen and oxygen atoms in total. The number of rotatable bonds is 2. The van der Waals surface area contributed by atoms with E-state index in [4.69, 9.17) is 5.73 Å². The summed E-state index contributed by atoms with van der Waals surface area (Å²) in [5, 5.41) is 1.29. The first-order chi connectivity index (χ1) is 7.52. The molecule has 3 N–H and O–H groups in total. The Morgan fingerprint density at radius 3 is 2.62 bits per heavy atom. The Morgan fingerprint density at radius 1 is 1.25 bits per heavy atom. The van der Waals surface area contributed by atoms with Crippen LogP contribution in [0.2, 0.25) is 0 Å². The van der Waals surface area contributed by atoms with Gasteiger partial charge in [-0.15, -0.1) is 0 Å². The van der Waals surface area contributed by atoms with Crippen LogP contribution < -0.4 is 5.73 Å². The van der Waals surface area contributed by atoms with Gasteiger partial charge < -0.3 is 10.7 Å². The maximum Gasteiger partial charge on any atom is 0.0489 e. The van der Waals surface area contributed by atoms with Crippen LogP contribution in [0.15, 0.2) is 24.3 Å². The van der Waals surface area contributed by atoms with Crippen molar-refractivity contribution in [3.8, 4) is 0 Å². The lowest BCUT2D eigenvalue weighted by atomic mass is 9.92. The van der Waals surface area contributed by atoms with Gasteiger partial charge in [0.25, 0.3) is 0 Å². The summed E-state index contributed by atoms with van der Waals surface area (Å²) in [6.45, 7) is 7.37. The first-order valence-electron chi connectivity index (χ1n) is 5.83. The largest absolute Gasteiger partial charge is 0.358 e. The molecule has 0 unspecified atom stereocenters. The first kappa shape index (κ1) is 11.2. The van der Waals surface area contributed by atoms with E-state index < -0.39 is 0 Å². The Kier molecular flexibility index (Phi) is 2.76. The van der Waals surface area contributed by atoms with Crippen molar-refractivity contribution in [1.29, 1.82) is 0 Å². The van der Waals surface area contributed by atoms with Crippen molar-refractivity contribution < 1.29 is 0 Å². The molecule has 0 saturated carbocycles. The molecule has 0 fully saturated rings. The van der Waals surface area contributed by atoms with E-state index in [1.54, 1.807) is 0 Å². The highest BCUT2D eigenvalue weighted by Crippen LogP contribution is 2.27. The number of hydrogen-bond donors (Lipinski definition) is 2. The lowest BCUT2D eigenvalue weighted by Gasteiger charge is -2.15. The molecule has 86 valence electrons. The van der Waals surface area contributed by atoms with Crippen molar-refractivity contribution in [3.63, 3.8) is 0 Å². The third-order valence-corrected chi connectivity index (χ3v) is 2.96. The van der Waals surface area contributed by atoms with E-state index in [-0.39, 0.29) is 5.41 Å². The van der Waals surface area contributed by atoms with E-state index in [1.165, 1.54) is 22.2 Å². The quantitative estimate of drug-likeness (QED) is 0.796. The number of nitrogens with one attached hydrogen (secondary N) is 1. The fourth-order valence-electron chi connectivity index (χ4n) is 1.99. The van der Waals surface area contributed by atoms with Crippen LogP contribution >= 0.6 is 0 Å². The van der Waals surface area contributed by atoms with Gasteiger partial charge in [0.1, 0.15) is 0 Å². The minimum Gasteiger partial charge on any atom is -0.358 e. The summed E-state index contributed by atoms with van der Waals surface area (Å²) in [5.74, 6) is 0. The van der Waals surface area contributed by atoms with E-state index in [0.29, 0.717) is 6.54 Å². The van der Waals surface area contributed by atoms with Crippen molar-refractivity contribution in [2.24, 2.45) is 5.73 Å². The van der Waals surface area contributed by atoms with E-state index in [9.17, 15) is 0 Å². The third-order valence-electron chi connectivity index (χ3n) is 2.96. The van der Waals surface area contributed by atoms with Crippen LogP contribution in [0, 0.1) is 0 Å². The number of para-hydroxylation sites is 1. The summed E-state index contributed by atoms with van der Waals surface area (Å²) < 4.78 is 0. The lowest BCUT2D eigenvalue weighted by Crippen LogP contribution is -2.11. The maximum atomic E-state index is 5.63. The van der Waals surface area contributed by atoms with Gasteiger partial charge in [0.2, 0.25) is 0 Å².